The highest BCUT2D eigenvalue weighted by Gasteiger charge is 2.50. The van der Waals surface area contributed by atoms with Gasteiger partial charge in [0.15, 0.2) is 0 Å². The lowest BCUT2D eigenvalue weighted by atomic mass is 9.89. The first kappa shape index (κ1) is 33.2. The molecular formula is C30H48O9. The fourth-order valence-electron chi connectivity index (χ4n) is 4.98. The summed E-state index contributed by atoms with van der Waals surface area (Å²) in [6.45, 7) is 10.7. The number of allylic oxidation sites excluding steroid dienone is 2. The van der Waals surface area contributed by atoms with E-state index >= 15 is 0 Å². The number of carbonyl (C=O) groups is 2. The molecule has 2 heterocycles. The van der Waals surface area contributed by atoms with Crippen LogP contribution in [0.2, 0.25) is 0 Å². The van der Waals surface area contributed by atoms with Crippen molar-refractivity contribution in [3.8, 4) is 0 Å². The van der Waals surface area contributed by atoms with E-state index in [0.717, 1.165) is 6.42 Å². The van der Waals surface area contributed by atoms with E-state index in [1.54, 1.807) is 44.4 Å². The van der Waals surface area contributed by atoms with Gasteiger partial charge in [0.05, 0.1) is 30.8 Å². The molecule has 0 unspecified atom stereocenters. The summed E-state index contributed by atoms with van der Waals surface area (Å²) in [5, 5.41) is 32.0. The Labute approximate surface area is 232 Å². The van der Waals surface area contributed by atoms with Gasteiger partial charge in [-0.25, -0.2) is 0 Å². The van der Waals surface area contributed by atoms with Gasteiger partial charge in [-0.2, -0.15) is 0 Å². The minimum absolute atomic E-state index is 0.0356. The lowest BCUT2D eigenvalue weighted by Crippen LogP contribution is -2.42. The molecule has 0 aromatic rings. The first-order valence-electron chi connectivity index (χ1n) is 14.0. The summed E-state index contributed by atoms with van der Waals surface area (Å²) in [5.41, 5.74) is -1.42. The molecule has 2 aliphatic rings. The smallest absolute Gasteiger partial charge is 0.309 e. The molecule has 0 aromatic heterocycles. The SMILES string of the molecule is CC[C@H](OC)[C@@H](C)[C@H]1O[C@@H]1[C@@H](O)[C@H](C)/C=C/C=C/[C@H]1OC(=O)C[C@H](O)CC[C@@](C)(O)[C@@H](OC(C)=O)/C=C/[C@@H]1C. The van der Waals surface area contributed by atoms with Gasteiger partial charge in [0.25, 0.3) is 0 Å². The topological polar surface area (TPSA) is 135 Å². The summed E-state index contributed by atoms with van der Waals surface area (Å²) in [5.74, 6) is -1.38. The van der Waals surface area contributed by atoms with Crippen LogP contribution in [0.1, 0.15) is 67.2 Å². The van der Waals surface area contributed by atoms with Crippen LogP contribution in [-0.4, -0.2) is 82.7 Å². The maximum absolute atomic E-state index is 12.5. The molecule has 1 saturated heterocycles. The highest BCUT2D eigenvalue weighted by atomic mass is 16.6. The van der Waals surface area contributed by atoms with Crippen LogP contribution in [-0.2, 0) is 28.5 Å². The molecule has 0 bridgehead atoms. The number of hydrogen-bond acceptors (Lipinski definition) is 9. The molecule has 9 heteroatoms. The Morgan fingerprint density at radius 2 is 1.95 bits per heavy atom. The lowest BCUT2D eigenvalue weighted by Gasteiger charge is -2.32. The molecule has 0 amide bonds. The van der Waals surface area contributed by atoms with E-state index in [2.05, 4.69) is 13.8 Å². The van der Waals surface area contributed by atoms with Crippen molar-refractivity contribution in [3.63, 3.8) is 0 Å². The van der Waals surface area contributed by atoms with Crippen molar-refractivity contribution in [2.24, 2.45) is 17.8 Å². The molecule has 11 atom stereocenters. The molecule has 3 N–H and O–H groups in total. The molecule has 0 radical (unpaired) electrons. The summed E-state index contributed by atoms with van der Waals surface area (Å²) in [6.07, 6.45) is 7.99. The fraction of sp³-hybridized carbons (Fsp3) is 0.733. The van der Waals surface area contributed by atoms with Crippen molar-refractivity contribution >= 4 is 11.9 Å². The van der Waals surface area contributed by atoms with Gasteiger partial charge in [0.1, 0.15) is 23.9 Å². The molecule has 2 aliphatic heterocycles. The van der Waals surface area contributed by atoms with Crippen LogP contribution >= 0.6 is 0 Å². The predicted octanol–water partition coefficient (Wildman–Crippen LogP) is 3.26. The van der Waals surface area contributed by atoms with Gasteiger partial charge in [-0.1, -0.05) is 52.0 Å². The quantitative estimate of drug-likeness (QED) is 0.162. The normalized spacial score (nSPS) is 36.3. The Hall–Kier alpha value is -2.04. The number of ether oxygens (including phenoxy) is 4. The average molecular weight is 553 g/mol. The standard InChI is InChI=1S/C30H48O9/c1-8-23(36-7)20(4)28-29(39-28)27(34)19(3)11-9-10-12-24-18(2)13-14-25(37-21(5)31)30(6,35)16-15-22(32)17-26(33)38-24/h9-14,18-20,22-25,27-29,32,34-35H,8,15-17H2,1-7H3/b11-9+,12-10+,14-13+/t18-,19+,20+,22+,23-,24+,25-,27-,28+,29+,30+/m0/s1. The number of methoxy groups -OCH3 is 1. The third kappa shape index (κ3) is 10.1. The summed E-state index contributed by atoms with van der Waals surface area (Å²) in [7, 11) is 1.69. The Kier molecular flexibility index (Phi) is 12.8. The molecule has 39 heavy (non-hydrogen) atoms. The minimum atomic E-state index is -1.42. The van der Waals surface area contributed by atoms with E-state index in [9.17, 15) is 24.9 Å². The van der Waals surface area contributed by atoms with Crippen LogP contribution in [0.25, 0.3) is 0 Å². The maximum Gasteiger partial charge on any atom is 0.309 e. The molecule has 1 fully saturated rings. The average Bonchev–Trinajstić information content (AvgIpc) is 3.67. The molecule has 0 spiro atoms. The largest absolute Gasteiger partial charge is 0.457 e. The van der Waals surface area contributed by atoms with Crippen LogP contribution in [0.15, 0.2) is 36.5 Å². The second-order valence-corrected chi connectivity index (χ2v) is 11.2. The summed E-state index contributed by atoms with van der Waals surface area (Å²) in [4.78, 5) is 24.1. The first-order chi connectivity index (χ1) is 18.3. The van der Waals surface area contributed by atoms with Gasteiger partial charge >= 0.3 is 11.9 Å². The third-order valence-electron chi connectivity index (χ3n) is 7.74. The number of rotatable bonds is 10. The van der Waals surface area contributed by atoms with E-state index in [4.69, 9.17) is 18.9 Å². The van der Waals surface area contributed by atoms with Crippen LogP contribution in [0.3, 0.4) is 0 Å². The number of aliphatic hydroxyl groups is 3. The van der Waals surface area contributed by atoms with Crippen LogP contribution in [0.4, 0.5) is 0 Å². The van der Waals surface area contributed by atoms with E-state index < -0.39 is 42.0 Å². The monoisotopic (exact) mass is 552 g/mol. The number of hydrogen-bond donors (Lipinski definition) is 3. The Balaban J connectivity index is 2.09. The van der Waals surface area contributed by atoms with Crippen molar-refractivity contribution < 1.29 is 43.9 Å². The van der Waals surface area contributed by atoms with E-state index in [1.165, 1.54) is 6.92 Å². The molecule has 222 valence electrons. The number of cyclic esters (lactones) is 1. The second kappa shape index (κ2) is 15.1. The molecule has 9 nitrogen and oxygen atoms in total. The van der Waals surface area contributed by atoms with E-state index in [0.29, 0.717) is 0 Å². The second-order valence-electron chi connectivity index (χ2n) is 11.2. The molecule has 0 saturated carbocycles. The summed E-state index contributed by atoms with van der Waals surface area (Å²) >= 11 is 0. The fourth-order valence-corrected chi connectivity index (χ4v) is 4.98. The van der Waals surface area contributed by atoms with Crippen LogP contribution in [0, 0.1) is 17.8 Å². The zero-order valence-electron chi connectivity index (χ0n) is 24.4. The zero-order chi connectivity index (χ0) is 29.3. The zero-order valence-corrected chi connectivity index (χ0v) is 24.4. The molecule has 2 rings (SSSR count). The highest BCUT2D eigenvalue weighted by Crippen LogP contribution is 2.37. The van der Waals surface area contributed by atoms with Crippen molar-refractivity contribution in [3.05, 3.63) is 36.5 Å². The van der Waals surface area contributed by atoms with E-state index in [-0.39, 0.29) is 55.3 Å². The van der Waals surface area contributed by atoms with Crippen molar-refractivity contribution in [1.82, 2.24) is 0 Å². The molecule has 0 aromatic carbocycles. The van der Waals surface area contributed by atoms with Gasteiger partial charge in [0, 0.05) is 31.8 Å². The lowest BCUT2D eigenvalue weighted by molar-refractivity contribution is -0.157. The molecule has 0 aliphatic carbocycles. The maximum atomic E-state index is 12.5. The predicted molar refractivity (Wildman–Crippen MR) is 147 cm³/mol. The van der Waals surface area contributed by atoms with E-state index in [1.807, 2.05) is 19.9 Å². The Bertz CT molecular complexity index is 876. The van der Waals surface area contributed by atoms with Crippen molar-refractivity contribution in [1.29, 1.82) is 0 Å². The van der Waals surface area contributed by atoms with Crippen LogP contribution < -0.4 is 0 Å². The number of aliphatic hydroxyl groups excluding tert-OH is 2. The highest BCUT2D eigenvalue weighted by molar-refractivity contribution is 5.70. The third-order valence-corrected chi connectivity index (χ3v) is 7.74. The number of esters is 2. The minimum Gasteiger partial charge on any atom is -0.457 e. The van der Waals surface area contributed by atoms with Gasteiger partial charge in [0.2, 0.25) is 0 Å². The Morgan fingerprint density at radius 3 is 2.56 bits per heavy atom. The van der Waals surface area contributed by atoms with Gasteiger partial charge in [-0.15, -0.1) is 0 Å². The number of carbonyl (C=O) groups excluding carboxylic acids is 2. The van der Waals surface area contributed by atoms with Crippen LogP contribution in [0.5, 0.6) is 0 Å². The van der Waals surface area contributed by atoms with Crippen molar-refractivity contribution in [2.45, 2.75) is 116 Å². The first-order valence-corrected chi connectivity index (χ1v) is 14.0. The van der Waals surface area contributed by atoms with Gasteiger partial charge in [-0.05, 0) is 38.3 Å². The van der Waals surface area contributed by atoms with Gasteiger partial charge in [-0.3, -0.25) is 9.59 Å². The summed E-state index contributed by atoms with van der Waals surface area (Å²) in [6, 6.07) is 0. The van der Waals surface area contributed by atoms with Gasteiger partial charge < -0.3 is 34.3 Å². The number of epoxide rings is 1. The summed E-state index contributed by atoms with van der Waals surface area (Å²) < 4.78 is 22.3. The van der Waals surface area contributed by atoms with Crippen molar-refractivity contribution in [2.75, 3.05) is 7.11 Å². The molecular weight excluding hydrogens is 504 g/mol. The Morgan fingerprint density at radius 1 is 1.26 bits per heavy atom.